The van der Waals surface area contributed by atoms with E-state index in [1.54, 1.807) is 50.4 Å². The third kappa shape index (κ3) is 5.96. The van der Waals surface area contributed by atoms with Crippen LogP contribution in [0.5, 0.6) is 0 Å². The fourth-order valence-electron chi connectivity index (χ4n) is 4.52. The number of imidazole rings is 1. The average Bonchev–Trinajstić information content (AvgIpc) is 3.30. The number of rotatable bonds is 8. The van der Waals surface area contributed by atoms with Gasteiger partial charge in [0.05, 0.1) is 6.34 Å². The first kappa shape index (κ1) is 25.0. The molecule has 0 saturated heterocycles. The minimum Gasteiger partial charge on any atom is -0.369 e. The molecule has 1 aromatic heterocycles. The molecular formula is C25H31F2N6OP. The predicted octanol–water partition coefficient (Wildman–Crippen LogP) is 4.49. The maximum absolute atomic E-state index is 13.7. The molecule has 0 bridgehead atoms. The number of aliphatic imine (C=N–C) groups is 1. The molecule has 2 aromatic rings. The van der Waals surface area contributed by atoms with Crippen molar-refractivity contribution in [3.63, 3.8) is 0 Å². The summed E-state index contributed by atoms with van der Waals surface area (Å²) in [4.78, 5) is 22.6. The number of hydrogen-bond donors (Lipinski definition) is 2. The minimum atomic E-state index is -3.04. The minimum absolute atomic E-state index is 0.0915. The molecule has 1 unspecified atom stereocenters. The molecule has 1 amide bonds. The number of benzene rings is 1. The Labute approximate surface area is 206 Å². The van der Waals surface area contributed by atoms with Crippen molar-refractivity contribution in [3.8, 4) is 0 Å². The van der Waals surface area contributed by atoms with E-state index in [2.05, 4.69) is 27.2 Å². The quantitative estimate of drug-likeness (QED) is 0.318. The number of aromatic nitrogens is 2. The summed E-state index contributed by atoms with van der Waals surface area (Å²) in [6.45, 7) is 3.77. The van der Waals surface area contributed by atoms with Crippen LogP contribution in [0.25, 0.3) is 5.82 Å². The van der Waals surface area contributed by atoms with Crippen molar-refractivity contribution in [2.24, 2.45) is 4.99 Å². The zero-order valence-corrected chi connectivity index (χ0v) is 20.9. The van der Waals surface area contributed by atoms with E-state index in [4.69, 9.17) is 0 Å². The maximum Gasteiger partial charge on any atom is 0.301 e. The Morgan fingerprint density at radius 1 is 1.26 bits per heavy atom. The second-order valence-corrected chi connectivity index (χ2v) is 9.57. The number of nitrogens with zero attached hydrogens (tertiary/aromatic N) is 4. The fourth-order valence-corrected chi connectivity index (χ4v) is 4.66. The van der Waals surface area contributed by atoms with Gasteiger partial charge in [-0.05, 0) is 62.4 Å². The Kier molecular flexibility index (Phi) is 7.65. The second kappa shape index (κ2) is 10.7. The molecule has 1 aliphatic carbocycles. The smallest absolute Gasteiger partial charge is 0.301 e. The molecule has 2 heterocycles. The highest BCUT2D eigenvalue weighted by atomic mass is 31.0. The van der Waals surface area contributed by atoms with Crippen LogP contribution >= 0.6 is 9.24 Å². The van der Waals surface area contributed by atoms with Crippen molar-refractivity contribution in [2.45, 2.75) is 56.3 Å². The van der Waals surface area contributed by atoms with E-state index in [-0.39, 0.29) is 23.7 Å². The Morgan fingerprint density at radius 2 is 1.94 bits per heavy atom. The topological polar surface area (TPSA) is 74.6 Å². The summed E-state index contributed by atoms with van der Waals surface area (Å²) >= 11 is 0. The molecule has 35 heavy (non-hydrogen) atoms. The molecular weight excluding hydrogens is 469 g/mol. The fraction of sp³-hybridized carbons (Fsp3) is 0.400. The van der Waals surface area contributed by atoms with E-state index in [1.165, 1.54) is 6.20 Å². The van der Waals surface area contributed by atoms with Gasteiger partial charge in [-0.15, -0.1) is 0 Å². The van der Waals surface area contributed by atoms with Gasteiger partial charge in [-0.1, -0.05) is 15.8 Å². The molecule has 1 aliphatic heterocycles. The van der Waals surface area contributed by atoms with Crippen LogP contribution in [-0.2, 0) is 12.1 Å². The number of halogens is 2. The first-order chi connectivity index (χ1) is 16.8. The Morgan fingerprint density at radius 3 is 2.57 bits per heavy atom. The second-order valence-electron chi connectivity index (χ2n) is 8.84. The highest BCUT2D eigenvalue weighted by Gasteiger charge is 2.31. The van der Waals surface area contributed by atoms with Crippen LogP contribution in [0.2, 0.25) is 0 Å². The van der Waals surface area contributed by atoms with Crippen LogP contribution in [0.1, 0.15) is 54.0 Å². The third-order valence-corrected chi connectivity index (χ3v) is 6.66. The van der Waals surface area contributed by atoms with Crippen molar-refractivity contribution >= 4 is 33.0 Å². The SMILES string of the molecule is C=CN(/C=N\C)c1ccc(C(=O)NC2CCC(NC3=CCCc4nc(C(F)(F)P)cn43)CC2)cc1. The first-order valence-corrected chi connectivity index (χ1v) is 12.3. The van der Waals surface area contributed by atoms with Gasteiger partial charge in [-0.25, -0.2) is 4.98 Å². The van der Waals surface area contributed by atoms with Crippen LogP contribution in [-0.4, -0.2) is 40.9 Å². The van der Waals surface area contributed by atoms with Gasteiger partial charge in [0, 0.05) is 49.2 Å². The lowest BCUT2D eigenvalue weighted by atomic mass is 9.91. The van der Waals surface area contributed by atoms with Gasteiger partial charge in [-0.2, -0.15) is 8.78 Å². The molecule has 0 spiro atoms. The number of anilines is 1. The van der Waals surface area contributed by atoms with Crippen molar-refractivity contribution in [1.29, 1.82) is 0 Å². The Bertz CT molecular complexity index is 1110. The molecule has 1 aromatic carbocycles. The molecule has 4 rings (SSSR count). The van der Waals surface area contributed by atoms with Crippen LogP contribution in [0.3, 0.4) is 0 Å². The third-order valence-electron chi connectivity index (χ3n) is 6.36. The predicted molar refractivity (Wildman–Crippen MR) is 139 cm³/mol. The number of carbonyl (C=O) groups is 1. The number of amides is 1. The van der Waals surface area contributed by atoms with Gasteiger partial charge in [0.25, 0.3) is 5.91 Å². The van der Waals surface area contributed by atoms with Crippen molar-refractivity contribution in [3.05, 3.63) is 66.4 Å². The zero-order valence-electron chi connectivity index (χ0n) is 19.8. The number of allylic oxidation sites excluding steroid dienone is 1. The molecule has 1 saturated carbocycles. The van der Waals surface area contributed by atoms with E-state index >= 15 is 0 Å². The summed E-state index contributed by atoms with van der Waals surface area (Å²) in [6.07, 6.45) is 11.6. The molecule has 7 nitrogen and oxygen atoms in total. The number of nitrogens with one attached hydrogen (secondary N) is 2. The zero-order chi connectivity index (χ0) is 25.0. The van der Waals surface area contributed by atoms with E-state index in [1.807, 2.05) is 18.2 Å². The van der Waals surface area contributed by atoms with Gasteiger partial charge >= 0.3 is 5.66 Å². The van der Waals surface area contributed by atoms with Gasteiger partial charge < -0.3 is 15.5 Å². The van der Waals surface area contributed by atoms with E-state index in [0.717, 1.165) is 43.6 Å². The first-order valence-electron chi connectivity index (χ1n) is 11.7. The van der Waals surface area contributed by atoms with Gasteiger partial charge in [-0.3, -0.25) is 14.4 Å². The number of aryl methyl sites for hydroxylation is 1. The number of alkyl halides is 2. The summed E-state index contributed by atoms with van der Waals surface area (Å²) in [5.41, 5.74) is -1.79. The molecule has 2 N–H and O–H groups in total. The van der Waals surface area contributed by atoms with Crippen molar-refractivity contribution in [2.75, 3.05) is 11.9 Å². The summed E-state index contributed by atoms with van der Waals surface area (Å²) in [5.74, 6) is 1.37. The number of fused-ring (bicyclic) bond motifs is 1. The van der Waals surface area contributed by atoms with Crippen molar-refractivity contribution < 1.29 is 13.6 Å². The summed E-state index contributed by atoms with van der Waals surface area (Å²) < 4.78 is 29.1. The Balaban J connectivity index is 1.30. The van der Waals surface area contributed by atoms with E-state index in [0.29, 0.717) is 17.8 Å². The molecule has 2 aliphatic rings. The lowest BCUT2D eigenvalue weighted by Crippen LogP contribution is -2.42. The number of carbonyl (C=O) groups excluding carboxylic acids is 1. The maximum atomic E-state index is 13.7. The summed E-state index contributed by atoms with van der Waals surface area (Å²) in [6, 6.07) is 7.63. The highest BCUT2D eigenvalue weighted by molar-refractivity contribution is 7.17. The monoisotopic (exact) mass is 500 g/mol. The number of hydrogen-bond acceptors (Lipinski definition) is 4. The van der Waals surface area contributed by atoms with Gasteiger partial charge in [0.1, 0.15) is 17.3 Å². The van der Waals surface area contributed by atoms with E-state index < -0.39 is 5.66 Å². The molecule has 0 radical (unpaired) electrons. The highest BCUT2D eigenvalue weighted by Crippen LogP contribution is 2.35. The van der Waals surface area contributed by atoms with Crippen LogP contribution < -0.4 is 15.5 Å². The van der Waals surface area contributed by atoms with Crippen LogP contribution in [0.4, 0.5) is 14.5 Å². The average molecular weight is 501 g/mol. The lowest BCUT2D eigenvalue weighted by molar-refractivity contribution is 0.0924. The van der Waals surface area contributed by atoms with Crippen LogP contribution in [0.15, 0.2) is 54.3 Å². The van der Waals surface area contributed by atoms with Gasteiger partial charge in [0.2, 0.25) is 0 Å². The standard InChI is InChI=1S/C25H31F2N6OP/c1-3-32(16-28-2)20-13-7-17(8-14-20)24(34)30-19-11-9-18(10-12-19)29-22-5-4-6-23-31-21(15-33(22)23)25(26,27)35/h3,5,7-8,13-16,18-19,29H,1,4,6,9-12,35H2,2H3,(H,30,34)/b28-16-. The Hall–Kier alpha value is -3.06. The van der Waals surface area contributed by atoms with Crippen LogP contribution in [0, 0.1) is 0 Å². The van der Waals surface area contributed by atoms with Crippen molar-refractivity contribution in [1.82, 2.24) is 20.2 Å². The molecule has 186 valence electrons. The normalized spacial score (nSPS) is 20.2. The van der Waals surface area contributed by atoms with Gasteiger partial charge in [0.15, 0.2) is 0 Å². The summed E-state index contributed by atoms with van der Waals surface area (Å²) in [5, 5.41) is 6.65. The molecule has 10 heteroatoms. The lowest BCUT2D eigenvalue weighted by Gasteiger charge is -2.32. The largest absolute Gasteiger partial charge is 0.369 e. The van der Waals surface area contributed by atoms with E-state index in [9.17, 15) is 13.6 Å². The molecule has 1 fully saturated rings. The molecule has 1 atom stereocenters. The summed E-state index contributed by atoms with van der Waals surface area (Å²) in [7, 11) is 3.24.